The second-order valence-electron chi connectivity index (χ2n) is 7.13. The summed E-state index contributed by atoms with van der Waals surface area (Å²) in [5.41, 5.74) is 3.35. The minimum Gasteiger partial charge on any atom is -0.438 e. The maximum Gasteiger partial charge on any atom is 0.238 e. The zero-order chi connectivity index (χ0) is 17.9. The van der Waals surface area contributed by atoms with Gasteiger partial charge < -0.3 is 9.52 Å². The number of aliphatic hydroxyl groups excluding tert-OH is 1. The summed E-state index contributed by atoms with van der Waals surface area (Å²) in [4.78, 5) is 1.36. The van der Waals surface area contributed by atoms with Gasteiger partial charge in [0.05, 0.1) is 5.69 Å². The zero-order valence-electron chi connectivity index (χ0n) is 15.1. The maximum atomic E-state index is 10.3. The van der Waals surface area contributed by atoms with Crippen LogP contribution in [0.15, 0.2) is 43.8 Å². The van der Waals surface area contributed by atoms with Gasteiger partial charge in [0.15, 0.2) is 6.23 Å². The Hall–Kier alpha value is -1.63. The summed E-state index contributed by atoms with van der Waals surface area (Å²) in [6.45, 7) is 2.05. The smallest absolute Gasteiger partial charge is 0.238 e. The Morgan fingerprint density at radius 3 is 2.88 bits per heavy atom. The van der Waals surface area contributed by atoms with Crippen LogP contribution >= 0.6 is 11.8 Å². The number of nitrogens with zero attached hydrogens (tertiary/aromatic N) is 2. The summed E-state index contributed by atoms with van der Waals surface area (Å²) in [6.07, 6.45) is 6.26. The van der Waals surface area contributed by atoms with Gasteiger partial charge in [-0.2, -0.15) is 0 Å². The van der Waals surface area contributed by atoms with Crippen LogP contribution < -0.4 is 5.32 Å². The van der Waals surface area contributed by atoms with Crippen LogP contribution in [0.25, 0.3) is 0 Å². The fraction of sp³-hybridized carbons (Fsp3) is 0.500. The SMILES string of the molecule is Cc1cc2c(cc1N=Nc1ccc(C(O)NC3CCCCC3)o1)CCS2. The second kappa shape index (κ2) is 7.94. The lowest BCUT2D eigenvalue weighted by Crippen LogP contribution is -2.34. The topological polar surface area (TPSA) is 70.1 Å². The van der Waals surface area contributed by atoms with Crippen molar-refractivity contribution in [3.05, 3.63) is 41.2 Å². The molecule has 6 heteroatoms. The Bertz CT molecular complexity index is 796. The molecule has 0 bridgehead atoms. The summed E-state index contributed by atoms with van der Waals surface area (Å²) >= 11 is 1.90. The predicted octanol–water partition coefficient (Wildman–Crippen LogP) is 5.56. The lowest BCUT2D eigenvalue weighted by atomic mass is 9.95. The van der Waals surface area contributed by atoms with Gasteiger partial charge in [-0.25, -0.2) is 0 Å². The molecule has 2 aromatic rings. The van der Waals surface area contributed by atoms with E-state index in [0.717, 1.165) is 36.3 Å². The van der Waals surface area contributed by atoms with E-state index in [9.17, 15) is 5.11 Å². The van der Waals surface area contributed by atoms with E-state index in [0.29, 0.717) is 17.7 Å². The van der Waals surface area contributed by atoms with Gasteiger partial charge in [0.1, 0.15) is 5.76 Å². The van der Waals surface area contributed by atoms with E-state index in [1.807, 2.05) is 11.8 Å². The van der Waals surface area contributed by atoms with Gasteiger partial charge in [0.2, 0.25) is 5.88 Å². The van der Waals surface area contributed by atoms with Crippen LogP contribution in [0.3, 0.4) is 0 Å². The van der Waals surface area contributed by atoms with Gasteiger partial charge in [0.25, 0.3) is 0 Å². The molecule has 4 rings (SSSR count). The number of nitrogens with one attached hydrogen (secondary N) is 1. The highest BCUT2D eigenvalue weighted by molar-refractivity contribution is 7.99. The summed E-state index contributed by atoms with van der Waals surface area (Å²) in [6, 6.07) is 8.19. The van der Waals surface area contributed by atoms with Crippen molar-refractivity contribution < 1.29 is 9.52 Å². The van der Waals surface area contributed by atoms with E-state index in [-0.39, 0.29) is 0 Å². The summed E-state index contributed by atoms with van der Waals surface area (Å²) < 4.78 is 5.66. The van der Waals surface area contributed by atoms with Crippen molar-refractivity contribution in [2.45, 2.75) is 62.6 Å². The van der Waals surface area contributed by atoms with E-state index in [2.05, 4.69) is 34.6 Å². The first-order valence-electron chi connectivity index (χ1n) is 9.41. The molecule has 138 valence electrons. The highest BCUT2D eigenvalue weighted by atomic mass is 32.2. The summed E-state index contributed by atoms with van der Waals surface area (Å²) in [5, 5.41) is 22.2. The fourth-order valence-corrected chi connectivity index (χ4v) is 4.79. The first-order chi connectivity index (χ1) is 12.7. The maximum absolute atomic E-state index is 10.3. The van der Waals surface area contributed by atoms with Gasteiger partial charge in [0, 0.05) is 22.8 Å². The number of aliphatic hydroxyl groups is 1. The normalized spacial score (nSPS) is 19.2. The molecule has 26 heavy (non-hydrogen) atoms. The van der Waals surface area contributed by atoms with Gasteiger partial charge in [-0.1, -0.05) is 19.3 Å². The standard InChI is InChI=1S/C20H25N3O2S/c1-13-11-18-14(9-10-26-18)12-16(13)22-23-19-8-7-17(25-19)20(24)21-15-5-3-2-4-6-15/h7-8,11-12,15,20-21,24H,2-6,9-10H2,1H3. The van der Waals surface area contributed by atoms with E-state index in [4.69, 9.17) is 4.42 Å². The highest BCUT2D eigenvalue weighted by Gasteiger charge is 2.19. The third kappa shape index (κ3) is 4.03. The molecular weight excluding hydrogens is 346 g/mol. The Morgan fingerprint density at radius 1 is 1.19 bits per heavy atom. The number of azo groups is 1. The fourth-order valence-electron chi connectivity index (χ4n) is 3.64. The monoisotopic (exact) mass is 371 g/mol. The van der Waals surface area contributed by atoms with Gasteiger partial charge >= 0.3 is 0 Å². The molecule has 5 nitrogen and oxygen atoms in total. The average Bonchev–Trinajstić information content (AvgIpc) is 3.29. The largest absolute Gasteiger partial charge is 0.438 e. The van der Waals surface area contributed by atoms with Crippen molar-refractivity contribution in [2.75, 3.05) is 5.75 Å². The molecule has 1 aromatic heterocycles. The van der Waals surface area contributed by atoms with Crippen molar-refractivity contribution in [3.8, 4) is 0 Å². The molecule has 1 aliphatic heterocycles. The first kappa shape index (κ1) is 17.8. The van der Waals surface area contributed by atoms with Gasteiger partial charge in [-0.3, -0.25) is 5.32 Å². The first-order valence-corrected chi connectivity index (χ1v) is 10.4. The lowest BCUT2D eigenvalue weighted by Gasteiger charge is -2.24. The Morgan fingerprint density at radius 2 is 2.04 bits per heavy atom. The van der Waals surface area contributed by atoms with Crippen LogP contribution in [-0.4, -0.2) is 16.9 Å². The molecule has 1 atom stereocenters. The van der Waals surface area contributed by atoms with Gasteiger partial charge in [-0.15, -0.1) is 22.0 Å². The average molecular weight is 372 g/mol. The molecule has 0 radical (unpaired) electrons. The Labute approximate surface area is 158 Å². The van der Waals surface area contributed by atoms with Crippen LogP contribution in [0.2, 0.25) is 0 Å². The number of furan rings is 1. The molecule has 1 aromatic carbocycles. The zero-order valence-corrected chi connectivity index (χ0v) is 15.9. The van der Waals surface area contributed by atoms with Crippen LogP contribution in [0.4, 0.5) is 11.6 Å². The number of hydrogen-bond acceptors (Lipinski definition) is 6. The molecule has 0 spiro atoms. The quantitative estimate of drug-likeness (QED) is 0.533. The summed E-state index contributed by atoms with van der Waals surface area (Å²) in [5.74, 6) is 2.05. The molecule has 1 unspecified atom stereocenters. The Kier molecular flexibility index (Phi) is 5.43. The number of thioether (sulfide) groups is 1. The molecular formula is C20H25N3O2S. The predicted molar refractivity (Wildman–Crippen MR) is 103 cm³/mol. The number of hydrogen-bond donors (Lipinski definition) is 2. The van der Waals surface area contributed by atoms with E-state index >= 15 is 0 Å². The van der Waals surface area contributed by atoms with Crippen molar-refractivity contribution in [1.29, 1.82) is 0 Å². The molecule has 2 aliphatic rings. The van der Waals surface area contributed by atoms with Crippen LogP contribution in [0.1, 0.15) is 55.2 Å². The molecule has 1 fully saturated rings. The molecule has 2 N–H and O–H groups in total. The number of benzene rings is 1. The molecule has 1 saturated carbocycles. The number of rotatable bonds is 5. The van der Waals surface area contributed by atoms with Crippen LogP contribution in [-0.2, 0) is 6.42 Å². The number of aryl methyl sites for hydroxylation is 2. The molecule has 0 amide bonds. The molecule has 0 saturated heterocycles. The van der Waals surface area contributed by atoms with E-state index < -0.39 is 6.23 Å². The van der Waals surface area contributed by atoms with Gasteiger partial charge in [-0.05, 0) is 55.5 Å². The van der Waals surface area contributed by atoms with Crippen molar-refractivity contribution in [3.63, 3.8) is 0 Å². The second-order valence-corrected chi connectivity index (χ2v) is 8.26. The summed E-state index contributed by atoms with van der Waals surface area (Å²) in [7, 11) is 0. The lowest BCUT2D eigenvalue weighted by molar-refractivity contribution is 0.0926. The van der Waals surface area contributed by atoms with E-state index in [1.54, 1.807) is 12.1 Å². The molecule has 1 aliphatic carbocycles. The minimum atomic E-state index is -0.791. The van der Waals surface area contributed by atoms with Crippen LogP contribution in [0, 0.1) is 6.92 Å². The van der Waals surface area contributed by atoms with E-state index in [1.165, 1.54) is 29.7 Å². The third-order valence-corrected chi connectivity index (χ3v) is 6.24. The van der Waals surface area contributed by atoms with Crippen molar-refractivity contribution in [1.82, 2.24) is 5.32 Å². The minimum absolute atomic E-state index is 0.362. The van der Waals surface area contributed by atoms with Crippen molar-refractivity contribution in [2.24, 2.45) is 10.2 Å². The third-order valence-electron chi connectivity index (χ3n) is 5.15. The Balaban J connectivity index is 1.42. The highest BCUT2D eigenvalue weighted by Crippen LogP contribution is 2.36. The van der Waals surface area contributed by atoms with Crippen LogP contribution in [0.5, 0.6) is 0 Å². The molecule has 2 heterocycles. The number of fused-ring (bicyclic) bond motifs is 1. The van der Waals surface area contributed by atoms with Crippen molar-refractivity contribution >= 4 is 23.3 Å².